The topological polar surface area (TPSA) is 86.9 Å². The lowest BCUT2D eigenvalue weighted by molar-refractivity contribution is 0.0154. The van der Waals surface area contributed by atoms with Gasteiger partial charge in [0, 0.05) is 36.5 Å². The Morgan fingerprint density at radius 2 is 2.17 bits per heavy atom. The molecule has 0 unspecified atom stereocenters. The van der Waals surface area contributed by atoms with Gasteiger partial charge in [-0.2, -0.15) is 0 Å². The van der Waals surface area contributed by atoms with Crippen LogP contribution < -0.4 is 15.6 Å². The molecule has 9 heteroatoms. The summed E-state index contributed by atoms with van der Waals surface area (Å²) < 4.78 is 28.8. The molecule has 2 saturated carbocycles. The predicted molar refractivity (Wildman–Crippen MR) is 128 cm³/mol. The van der Waals surface area contributed by atoms with Crippen LogP contribution in [0.15, 0.2) is 41.6 Å². The summed E-state index contributed by atoms with van der Waals surface area (Å²) in [6.45, 7) is 6.72. The van der Waals surface area contributed by atoms with Crippen molar-refractivity contribution < 1.29 is 18.7 Å². The Bertz CT molecular complexity index is 1390. The van der Waals surface area contributed by atoms with Gasteiger partial charge in [-0.1, -0.05) is 6.92 Å². The molecule has 0 radical (unpaired) electrons. The quantitative estimate of drug-likeness (QED) is 0.552. The first kappa shape index (κ1) is 22.3. The molecule has 5 heterocycles. The smallest absolute Gasteiger partial charge is 0.274 e. The first-order valence-electron chi connectivity index (χ1n) is 12.2. The van der Waals surface area contributed by atoms with E-state index in [0.29, 0.717) is 30.0 Å². The van der Waals surface area contributed by atoms with Crippen LogP contribution in [0.5, 0.6) is 5.75 Å². The third kappa shape index (κ3) is 3.64. The number of fused-ring (bicyclic) bond motifs is 2. The van der Waals surface area contributed by atoms with Crippen LogP contribution in [0.4, 0.5) is 10.1 Å². The Morgan fingerprint density at radius 1 is 1.40 bits per heavy atom. The largest absolute Gasteiger partial charge is 0.490 e. The van der Waals surface area contributed by atoms with Crippen LogP contribution in [-0.2, 0) is 10.2 Å². The second kappa shape index (κ2) is 7.65. The lowest BCUT2D eigenvalue weighted by Gasteiger charge is -2.41. The van der Waals surface area contributed by atoms with E-state index >= 15 is 0 Å². The molecule has 2 aliphatic heterocycles. The van der Waals surface area contributed by atoms with E-state index in [-0.39, 0.29) is 22.8 Å². The molecule has 2 bridgehead atoms. The lowest BCUT2D eigenvalue weighted by Crippen LogP contribution is -2.45. The Labute approximate surface area is 202 Å². The summed E-state index contributed by atoms with van der Waals surface area (Å²) in [5.41, 5.74) is 1.49. The van der Waals surface area contributed by atoms with Crippen molar-refractivity contribution in [1.29, 1.82) is 0 Å². The number of carbonyl (C=O) groups is 1. The molecule has 4 aliphatic rings. The van der Waals surface area contributed by atoms with E-state index in [1.165, 1.54) is 10.6 Å². The lowest BCUT2D eigenvalue weighted by atomic mass is 9.62. The number of hydrogen-bond donors (Lipinski definition) is 1. The van der Waals surface area contributed by atoms with E-state index in [4.69, 9.17) is 14.5 Å². The number of rotatable bonds is 7. The van der Waals surface area contributed by atoms with Crippen molar-refractivity contribution in [1.82, 2.24) is 14.0 Å². The molecular weight excluding hydrogens is 451 g/mol. The van der Waals surface area contributed by atoms with Gasteiger partial charge in [0.1, 0.15) is 23.3 Å². The van der Waals surface area contributed by atoms with Crippen molar-refractivity contribution in [3.05, 3.63) is 58.4 Å². The number of carbonyl (C=O) groups excluding carboxylic acids is 1. The number of amides is 1. The molecule has 2 saturated heterocycles. The Morgan fingerprint density at radius 3 is 2.83 bits per heavy atom. The summed E-state index contributed by atoms with van der Waals surface area (Å²) in [6.07, 6.45) is 7.03. The second-order valence-corrected chi connectivity index (χ2v) is 10.6. The predicted octanol–water partition coefficient (Wildman–Crippen LogP) is 4.03. The van der Waals surface area contributed by atoms with Gasteiger partial charge in [0.2, 0.25) is 0 Å². The summed E-state index contributed by atoms with van der Waals surface area (Å²) in [5, 5.41) is 2.71. The number of imidazole rings is 1. The van der Waals surface area contributed by atoms with Gasteiger partial charge in [-0.25, -0.2) is 9.37 Å². The van der Waals surface area contributed by atoms with E-state index in [0.717, 1.165) is 25.0 Å². The number of ether oxygens (including phenoxy) is 2. The fraction of sp³-hybridized carbons (Fsp3) is 0.500. The van der Waals surface area contributed by atoms with Crippen molar-refractivity contribution in [2.75, 3.05) is 11.9 Å². The highest BCUT2D eigenvalue weighted by molar-refractivity contribution is 6.06. The summed E-state index contributed by atoms with van der Waals surface area (Å²) in [6, 6.07) is 4.48. The van der Waals surface area contributed by atoms with Gasteiger partial charge in [-0.3, -0.25) is 9.59 Å². The minimum Gasteiger partial charge on any atom is -0.490 e. The molecule has 1 N–H and O–H groups in total. The monoisotopic (exact) mass is 480 g/mol. The van der Waals surface area contributed by atoms with Gasteiger partial charge >= 0.3 is 0 Å². The van der Waals surface area contributed by atoms with Gasteiger partial charge < -0.3 is 23.8 Å². The van der Waals surface area contributed by atoms with Gasteiger partial charge in [-0.05, 0) is 45.2 Å². The molecule has 8 nitrogen and oxygen atoms in total. The maximum Gasteiger partial charge on any atom is 0.274 e. The van der Waals surface area contributed by atoms with Gasteiger partial charge in [-0.15, -0.1) is 0 Å². The van der Waals surface area contributed by atoms with Gasteiger partial charge in [0.15, 0.2) is 0 Å². The zero-order valence-electron chi connectivity index (χ0n) is 20.1. The van der Waals surface area contributed by atoms with Gasteiger partial charge in [0.05, 0.1) is 35.6 Å². The highest BCUT2D eigenvalue weighted by Gasteiger charge is 2.61. The fourth-order valence-electron chi connectivity index (χ4n) is 5.49. The van der Waals surface area contributed by atoms with Crippen LogP contribution in [0.25, 0.3) is 5.65 Å². The molecule has 184 valence electrons. The summed E-state index contributed by atoms with van der Waals surface area (Å²) >= 11 is 0. The zero-order chi connectivity index (χ0) is 24.5. The minimum atomic E-state index is -1.02. The Balaban J connectivity index is 1.35. The normalized spacial score (nSPS) is 29.6. The number of anilines is 1. The van der Waals surface area contributed by atoms with Crippen molar-refractivity contribution in [2.45, 2.75) is 75.8 Å². The third-order valence-corrected chi connectivity index (χ3v) is 7.63. The highest BCUT2D eigenvalue weighted by Crippen LogP contribution is 2.58. The van der Waals surface area contributed by atoms with Crippen molar-refractivity contribution in [3.8, 4) is 5.75 Å². The summed E-state index contributed by atoms with van der Waals surface area (Å²) in [4.78, 5) is 31.0. The number of aromatic nitrogens is 3. The first-order valence-corrected chi connectivity index (χ1v) is 12.2. The van der Waals surface area contributed by atoms with Crippen LogP contribution in [-0.4, -0.2) is 44.3 Å². The molecule has 35 heavy (non-hydrogen) atoms. The van der Waals surface area contributed by atoms with E-state index in [2.05, 4.69) is 12.2 Å². The van der Waals surface area contributed by atoms with Crippen molar-refractivity contribution >= 4 is 17.2 Å². The number of hydrogen-bond acceptors (Lipinski definition) is 5. The zero-order valence-corrected chi connectivity index (χ0v) is 20.1. The van der Waals surface area contributed by atoms with Crippen LogP contribution >= 0.6 is 0 Å². The molecule has 3 aromatic heterocycles. The third-order valence-electron chi connectivity index (χ3n) is 7.63. The fourth-order valence-corrected chi connectivity index (χ4v) is 5.49. The number of halogens is 1. The van der Waals surface area contributed by atoms with E-state index in [1.807, 2.05) is 24.4 Å². The minimum absolute atomic E-state index is 0.0586. The molecule has 4 fully saturated rings. The van der Waals surface area contributed by atoms with Crippen molar-refractivity contribution in [2.24, 2.45) is 0 Å². The maximum absolute atomic E-state index is 13.5. The van der Waals surface area contributed by atoms with Crippen LogP contribution in [0.3, 0.4) is 0 Å². The summed E-state index contributed by atoms with van der Waals surface area (Å²) in [7, 11) is 0. The van der Waals surface area contributed by atoms with Crippen LogP contribution in [0.1, 0.15) is 68.5 Å². The van der Waals surface area contributed by atoms with E-state index < -0.39 is 23.7 Å². The number of nitrogens with one attached hydrogen (secondary N) is 1. The average Bonchev–Trinajstić information content (AvgIpc) is 3.11. The molecule has 0 aromatic carbocycles. The molecule has 7 rings (SSSR count). The number of alkyl halides is 1. The van der Waals surface area contributed by atoms with Crippen molar-refractivity contribution in [3.63, 3.8) is 0 Å². The van der Waals surface area contributed by atoms with Crippen LogP contribution in [0.2, 0.25) is 0 Å². The average molecular weight is 481 g/mol. The molecule has 1 amide bonds. The number of nitrogens with zero attached hydrogens (tertiary/aromatic N) is 3. The maximum atomic E-state index is 13.5. The van der Waals surface area contributed by atoms with E-state index in [1.54, 1.807) is 24.5 Å². The molecule has 2 aliphatic carbocycles. The Hall–Kier alpha value is -3.20. The second-order valence-electron chi connectivity index (χ2n) is 10.6. The van der Waals surface area contributed by atoms with Crippen LogP contribution in [0, 0.1) is 0 Å². The first-order chi connectivity index (χ1) is 16.7. The molecule has 3 atom stereocenters. The SMILES string of the molecule is CC[C@H](C)Oc1cc2nc(C34COC(C)(C3)C4)cn2cc1C(=O)Nc1cccn([C@H]2C[C@H]2F)c1=O. The molecular formula is C26H29FN4O4. The van der Waals surface area contributed by atoms with Gasteiger partial charge in [0.25, 0.3) is 11.5 Å². The standard InChI is InChI=1S/C26H29FN4O4/c1-4-15(2)35-20-9-22-29-21(26-12-25(3,13-26)34-14-26)11-30(22)10-16(20)23(32)28-18-6-5-7-31(24(18)33)19-8-17(19)27/h5-7,9-11,15,17,19H,4,8,12-14H2,1-3H3,(H,28,32)/t15-,17+,19-,25?,26?/m0/s1. The summed E-state index contributed by atoms with van der Waals surface area (Å²) in [5.74, 6) is -0.0659. The van der Waals surface area contributed by atoms with E-state index in [9.17, 15) is 14.0 Å². The molecule has 3 aromatic rings. The number of pyridine rings is 2. The Kier molecular flexibility index (Phi) is 4.87. The highest BCUT2D eigenvalue weighted by atomic mass is 19.1. The molecule has 0 spiro atoms.